The van der Waals surface area contributed by atoms with Crippen molar-refractivity contribution >= 4 is 18.3 Å². The second-order valence-electron chi connectivity index (χ2n) is 7.01. The number of amides is 1. The fourth-order valence-electron chi connectivity index (χ4n) is 3.69. The zero-order valence-electron chi connectivity index (χ0n) is 13.8. The van der Waals surface area contributed by atoms with E-state index in [-0.39, 0.29) is 29.8 Å². The summed E-state index contributed by atoms with van der Waals surface area (Å²) in [6.07, 6.45) is 5.56. The van der Waals surface area contributed by atoms with Crippen LogP contribution in [-0.4, -0.2) is 29.4 Å². The van der Waals surface area contributed by atoms with Gasteiger partial charge in [-0.1, -0.05) is 6.07 Å². The minimum Gasteiger partial charge on any atom is -0.341 e. The van der Waals surface area contributed by atoms with Crippen LogP contribution in [-0.2, 0) is 11.2 Å². The number of nitrogens with two attached hydrogens (primary N) is 1. The number of carbonyl (C=O) groups excluding carboxylic acids is 1. The Morgan fingerprint density at radius 2 is 1.92 bits per heavy atom. The van der Waals surface area contributed by atoms with E-state index in [0.29, 0.717) is 19.4 Å². The van der Waals surface area contributed by atoms with Gasteiger partial charge in [0.1, 0.15) is 11.6 Å². The smallest absolute Gasteiger partial charge is 0.242 e. The fourth-order valence-corrected chi connectivity index (χ4v) is 3.69. The van der Waals surface area contributed by atoms with Crippen LogP contribution in [0, 0.1) is 17.6 Å². The first-order valence-electron chi connectivity index (χ1n) is 8.51. The van der Waals surface area contributed by atoms with Gasteiger partial charge in [0.15, 0.2) is 0 Å². The number of hydrogen-bond donors (Lipinski definition) is 1. The number of halogens is 3. The van der Waals surface area contributed by atoms with E-state index in [0.717, 1.165) is 38.6 Å². The maximum absolute atomic E-state index is 13.7. The van der Waals surface area contributed by atoms with Gasteiger partial charge in [-0.3, -0.25) is 4.79 Å². The fraction of sp³-hybridized carbons (Fsp3) is 0.611. The molecule has 1 unspecified atom stereocenters. The molecule has 0 radical (unpaired) electrons. The van der Waals surface area contributed by atoms with Gasteiger partial charge >= 0.3 is 0 Å². The first kappa shape index (κ1) is 19.1. The van der Waals surface area contributed by atoms with E-state index in [9.17, 15) is 13.6 Å². The molecule has 1 saturated carbocycles. The van der Waals surface area contributed by atoms with Gasteiger partial charge in [0.2, 0.25) is 5.91 Å². The molecule has 1 aliphatic carbocycles. The van der Waals surface area contributed by atoms with Crippen molar-refractivity contribution in [1.29, 1.82) is 0 Å². The zero-order chi connectivity index (χ0) is 16.4. The highest BCUT2D eigenvalue weighted by Crippen LogP contribution is 2.33. The Bertz CT molecular complexity index is 572. The molecule has 1 aromatic carbocycles. The molecular formula is C18H25ClF2N2O. The van der Waals surface area contributed by atoms with Crippen molar-refractivity contribution in [3.8, 4) is 0 Å². The number of rotatable bonds is 4. The van der Waals surface area contributed by atoms with Gasteiger partial charge in [0.25, 0.3) is 0 Å². The molecule has 6 heteroatoms. The summed E-state index contributed by atoms with van der Waals surface area (Å²) in [6.45, 7) is 1.41. The van der Waals surface area contributed by atoms with E-state index < -0.39 is 17.2 Å². The van der Waals surface area contributed by atoms with Crippen LogP contribution in [0.2, 0.25) is 0 Å². The van der Waals surface area contributed by atoms with Gasteiger partial charge < -0.3 is 10.6 Å². The number of carbonyl (C=O) groups is 1. The van der Waals surface area contributed by atoms with E-state index in [1.807, 2.05) is 4.90 Å². The second kappa shape index (κ2) is 7.79. The summed E-state index contributed by atoms with van der Waals surface area (Å²) in [5.41, 5.74) is 5.64. The molecule has 134 valence electrons. The molecule has 2 N–H and O–H groups in total. The Labute approximate surface area is 148 Å². The summed E-state index contributed by atoms with van der Waals surface area (Å²) in [5, 5.41) is 0. The maximum Gasteiger partial charge on any atom is 0.242 e. The number of benzene rings is 1. The summed E-state index contributed by atoms with van der Waals surface area (Å²) >= 11 is 0. The van der Waals surface area contributed by atoms with Gasteiger partial charge in [-0.2, -0.15) is 0 Å². The molecule has 1 aliphatic heterocycles. The highest BCUT2D eigenvalue weighted by molar-refractivity contribution is 5.87. The second-order valence-corrected chi connectivity index (χ2v) is 7.01. The lowest BCUT2D eigenvalue weighted by molar-refractivity contribution is -0.142. The van der Waals surface area contributed by atoms with Crippen LogP contribution in [0.5, 0.6) is 0 Å². The Kier molecular flexibility index (Phi) is 6.21. The molecule has 1 heterocycles. The van der Waals surface area contributed by atoms with Crippen LogP contribution in [0.1, 0.15) is 44.1 Å². The van der Waals surface area contributed by atoms with Gasteiger partial charge in [0.05, 0.1) is 5.54 Å². The normalized spacial score (nSPS) is 22.5. The van der Waals surface area contributed by atoms with E-state index in [1.165, 1.54) is 18.2 Å². The highest BCUT2D eigenvalue weighted by Gasteiger charge is 2.43. The molecule has 1 saturated heterocycles. The molecule has 0 spiro atoms. The van der Waals surface area contributed by atoms with Gasteiger partial charge in [0, 0.05) is 18.7 Å². The number of piperidine rings is 1. The molecule has 2 aliphatic rings. The van der Waals surface area contributed by atoms with Crippen LogP contribution in [0.15, 0.2) is 18.2 Å². The molecule has 1 atom stereocenters. The van der Waals surface area contributed by atoms with Crippen molar-refractivity contribution in [2.75, 3.05) is 13.1 Å². The minimum absolute atomic E-state index is 0. The third-order valence-corrected chi connectivity index (χ3v) is 5.34. The summed E-state index contributed by atoms with van der Waals surface area (Å²) in [4.78, 5) is 14.4. The third kappa shape index (κ3) is 3.89. The molecule has 1 aromatic rings. The zero-order valence-corrected chi connectivity index (χ0v) is 14.6. The van der Waals surface area contributed by atoms with Crippen molar-refractivity contribution in [2.24, 2.45) is 11.7 Å². The monoisotopic (exact) mass is 358 g/mol. The standard InChI is InChI=1S/C18H24F2N2O.ClH/c19-15-5-1-6-16(20)14(15)8-7-13-4-2-11-22(12-13)17(23)18(21)9-3-10-18;/h1,5-6,13H,2-4,7-12,21H2;1H. The first-order valence-corrected chi connectivity index (χ1v) is 8.51. The predicted octanol–water partition coefficient (Wildman–Crippen LogP) is 3.44. The Morgan fingerprint density at radius 3 is 2.50 bits per heavy atom. The Morgan fingerprint density at radius 1 is 1.25 bits per heavy atom. The molecule has 24 heavy (non-hydrogen) atoms. The summed E-state index contributed by atoms with van der Waals surface area (Å²) < 4.78 is 27.4. The van der Waals surface area contributed by atoms with Gasteiger partial charge in [-0.25, -0.2) is 8.78 Å². The Hall–Kier alpha value is -1.20. The maximum atomic E-state index is 13.7. The number of hydrogen-bond acceptors (Lipinski definition) is 2. The topological polar surface area (TPSA) is 46.3 Å². The molecule has 3 nitrogen and oxygen atoms in total. The number of nitrogens with zero attached hydrogens (tertiary/aromatic N) is 1. The molecule has 2 fully saturated rings. The first-order chi connectivity index (χ1) is 11.0. The summed E-state index contributed by atoms with van der Waals surface area (Å²) in [5.74, 6) is -0.617. The minimum atomic E-state index is -0.653. The predicted molar refractivity (Wildman–Crippen MR) is 92.0 cm³/mol. The lowest BCUT2D eigenvalue weighted by Gasteiger charge is -2.43. The average molecular weight is 359 g/mol. The van der Waals surface area contributed by atoms with E-state index in [1.54, 1.807) is 0 Å². The quantitative estimate of drug-likeness (QED) is 0.896. The van der Waals surface area contributed by atoms with Crippen molar-refractivity contribution < 1.29 is 13.6 Å². The molecule has 1 amide bonds. The lowest BCUT2D eigenvalue weighted by atomic mass is 9.76. The lowest BCUT2D eigenvalue weighted by Crippen LogP contribution is -2.60. The summed E-state index contributed by atoms with van der Waals surface area (Å²) in [7, 11) is 0. The van der Waals surface area contributed by atoms with Gasteiger partial charge in [-0.05, 0) is 63.0 Å². The summed E-state index contributed by atoms with van der Waals surface area (Å²) in [6, 6.07) is 3.97. The van der Waals surface area contributed by atoms with Crippen molar-refractivity contribution in [2.45, 2.75) is 50.5 Å². The van der Waals surface area contributed by atoms with Crippen molar-refractivity contribution in [3.05, 3.63) is 35.4 Å². The largest absolute Gasteiger partial charge is 0.341 e. The van der Waals surface area contributed by atoms with Crippen molar-refractivity contribution in [1.82, 2.24) is 4.90 Å². The molecule has 3 rings (SSSR count). The number of likely N-dealkylation sites (tertiary alicyclic amines) is 1. The average Bonchev–Trinajstić information content (AvgIpc) is 2.52. The van der Waals surface area contributed by atoms with Crippen LogP contribution < -0.4 is 5.73 Å². The Balaban J connectivity index is 0.00000208. The van der Waals surface area contributed by atoms with Crippen molar-refractivity contribution in [3.63, 3.8) is 0 Å². The molecule has 0 aromatic heterocycles. The SMILES string of the molecule is Cl.NC1(C(=O)N2CCCC(CCc3c(F)cccc3F)C2)CCC1. The van der Waals surface area contributed by atoms with E-state index in [4.69, 9.17) is 5.73 Å². The molecular weight excluding hydrogens is 334 g/mol. The highest BCUT2D eigenvalue weighted by atomic mass is 35.5. The van der Waals surface area contributed by atoms with Crippen LogP contribution in [0.25, 0.3) is 0 Å². The van der Waals surface area contributed by atoms with Crippen LogP contribution in [0.3, 0.4) is 0 Å². The van der Waals surface area contributed by atoms with Crippen LogP contribution >= 0.6 is 12.4 Å². The van der Waals surface area contributed by atoms with E-state index in [2.05, 4.69) is 0 Å². The van der Waals surface area contributed by atoms with Gasteiger partial charge in [-0.15, -0.1) is 12.4 Å². The third-order valence-electron chi connectivity index (χ3n) is 5.34. The van der Waals surface area contributed by atoms with E-state index >= 15 is 0 Å². The molecule has 0 bridgehead atoms. The van der Waals surface area contributed by atoms with Crippen LogP contribution in [0.4, 0.5) is 8.78 Å².